The van der Waals surface area contributed by atoms with Crippen LogP contribution in [0.1, 0.15) is 12.0 Å². The standard InChI is InChI=1S/C11H10ClF2NO3S/c12-19(17,18)8-4-10(16)15(6-8)5-7-2-1-3-9(13)11(7)14/h1-3,8H,4-6H2. The van der Waals surface area contributed by atoms with Crippen molar-refractivity contribution in [3.8, 4) is 0 Å². The Morgan fingerprint density at radius 2 is 2.05 bits per heavy atom. The first kappa shape index (κ1) is 14.2. The Labute approximate surface area is 113 Å². The van der Waals surface area contributed by atoms with E-state index < -0.39 is 31.8 Å². The van der Waals surface area contributed by atoms with Gasteiger partial charge in [0.2, 0.25) is 15.0 Å². The number of amides is 1. The van der Waals surface area contributed by atoms with Crippen LogP contribution in [0.5, 0.6) is 0 Å². The highest BCUT2D eigenvalue weighted by molar-refractivity contribution is 8.14. The summed E-state index contributed by atoms with van der Waals surface area (Å²) in [6.07, 6.45) is -0.233. The second-order valence-corrected chi connectivity index (χ2v) is 7.20. The topological polar surface area (TPSA) is 54.5 Å². The maximum atomic E-state index is 13.5. The SMILES string of the molecule is O=C1CC(S(=O)(=O)Cl)CN1Cc1cccc(F)c1F. The van der Waals surface area contributed by atoms with Gasteiger partial charge in [0.1, 0.15) is 5.25 Å². The van der Waals surface area contributed by atoms with Gasteiger partial charge in [-0.15, -0.1) is 0 Å². The van der Waals surface area contributed by atoms with Crippen molar-refractivity contribution in [3.63, 3.8) is 0 Å². The van der Waals surface area contributed by atoms with Gasteiger partial charge >= 0.3 is 0 Å². The first-order valence-electron chi connectivity index (χ1n) is 5.43. The number of benzene rings is 1. The Morgan fingerprint density at radius 1 is 1.37 bits per heavy atom. The van der Waals surface area contributed by atoms with Gasteiger partial charge in [0, 0.05) is 35.8 Å². The summed E-state index contributed by atoms with van der Waals surface area (Å²) in [6.45, 7) is -0.286. The molecule has 1 aliphatic rings. The highest BCUT2D eigenvalue weighted by atomic mass is 35.7. The van der Waals surface area contributed by atoms with E-state index in [4.69, 9.17) is 10.7 Å². The Bertz CT molecular complexity index is 620. The van der Waals surface area contributed by atoms with E-state index >= 15 is 0 Å². The van der Waals surface area contributed by atoms with Gasteiger partial charge in [0.25, 0.3) is 0 Å². The molecule has 1 saturated heterocycles. The third-order valence-electron chi connectivity index (χ3n) is 2.97. The molecule has 1 atom stereocenters. The van der Waals surface area contributed by atoms with Crippen LogP contribution in [-0.4, -0.2) is 31.0 Å². The highest BCUT2D eigenvalue weighted by Gasteiger charge is 2.37. The molecule has 0 aromatic heterocycles. The van der Waals surface area contributed by atoms with Crippen LogP contribution in [0.15, 0.2) is 18.2 Å². The zero-order chi connectivity index (χ0) is 14.2. The summed E-state index contributed by atoms with van der Waals surface area (Å²) in [4.78, 5) is 12.8. The van der Waals surface area contributed by atoms with Crippen molar-refractivity contribution in [2.24, 2.45) is 0 Å². The molecule has 1 fully saturated rings. The van der Waals surface area contributed by atoms with Crippen molar-refractivity contribution in [3.05, 3.63) is 35.4 Å². The number of hydrogen-bond donors (Lipinski definition) is 0. The molecule has 2 rings (SSSR count). The predicted octanol–water partition coefficient (Wildman–Crippen LogP) is 1.63. The van der Waals surface area contributed by atoms with E-state index in [0.29, 0.717) is 0 Å². The van der Waals surface area contributed by atoms with E-state index in [1.165, 1.54) is 12.1 Å². The number of hydrogen-bond acceptors (Lipinski definition) is 3. The van der Waals surface area contributed by atoms with E-state index in [2.05, 4.69) is 0 Å². The van der Waals surface area contributed by atoms with Crippen LogP contribution in [0.2, 0.25) is 0 Å². The average Bonchev–Trinajstić information content (AvgIpc) is 2.67. The number of rotatable bonds is 3. The van der Waals surface area contributed by atoms with Crippen LogP contribution >= 0.6 is 10.7 Å². The van der Waals surface area contributed by atoms with Gasteiger partial charge < -0.3 is 4.90 Å². The number of carbonyl (C=O) groups excluding carboxylic acids is 1. The van der Waals surface area contributed by atoms with Gasteiger partial charge in [-0.25, -0.2) is 17.2 Å². The molecule has 1 amide bonds. The normalized spacial score (nSPS) is 20.1. The summed E-state index contributed by atoms with van der Waals surface area (Å²) in [5, 5.41) is -1.00. The molecule has 0 bridgehead atoms. The fourth-order valence-corrected chi connectivity index (χ4v) is 3.01. The van der Waals surface area contributed by atoms with Gasteiger partial charge in [-0.1, -0.05) is 12.1 Å². The van der Waals surface area contributed by atoms with Crippen molar-refractivity contribution in [1.29, 1.82) is 0 Å². The van der Waals surface area contributed by atoms with Crippen LogP contribution in [0.4, 0.5) is 8.78 Å². The molecule has 0 spiro atoms. The molecule has 1 heterocycles. The van der Waals surface area contributed by atoms with Crippen LogP contribution < -0.4 is 0 Å². The van der Waals surface area contributed by atoms with Crippen molar-refractivity contribution in [2.75, 3.05) is 6.54 Å². The Morgan fingerprint density at radius 3 is 2.63 bits per heavy atom. The van der Waals surface area contributed by atoms with Crippen LogP contribution in [0.25, 0.3) is 0 Å². The Kier molecular flexibility index (Phi) is 3.78. The molecular formula is C11H10ClF2NO3S. The fraction of sp³-hybridized carbons (Fsp3) is 0.364. The minimum atomic E-state index is -3.84. The minimum absolute atomic E-state index is 0.000899. The molecule has 0 N–H and O–H groups in total. The molecule has 0 radical (unpaired) electrons. The summed E-state index contributed by atoms with van der Waals surface area (Å²) in [6, 6.07) is 3.63. The fourth-order valence-electron chi connectivity index (χ4n) is 1.95. The molecule has 104 valence electrons. The van der Waals surface area contributed by atoms with Gasteiger partial charge in [-0.3, -0.25) is 4.79 Å². The predicted molar refractivity (Wildman–Crippen MR) is 65.0 cm³/mol. The van der Waals surface area contributed by atoms with Gasteiger partial charge in [-0.2, -0.15) is 0 Å². The molecule has 1 aromatic rings. The van der Waals surface area contributed by atoms with E-state index in [1.807, 2.05) is 0 Å². The molecule has 1 aromatic carbocycles. The van der Waals surface area contributed by atoms with E-state index in [0.717, 1.165) is 11.0 Å². The lowest BCUT2D eigenvalue weighted by Gasteiger charge is -2.16. The smallest absolute Gasteiger partial charge is 0.237 e. The third-order valence-corrected chi connectivity index (χ3v) is 4.84. The van der Waals surface area contributed by atoms with Crippen LogP contribution in [0, 0.1) is 11.6 Å². The molecule has 19 heavy (non-hydrogen) atoms. The quantitative estimate of drug-likeness (QED) is 0.798. The average molecular weight is 310 g/mol. The molecule has 0 aliphatic carbocycles. The second-order valence-electron chi connectivity index (χ2n) is 4.29. The lowest BCUT2D eigenvalue weighted by atomic mass is 10.2. The van der Waals surface area contributed by atoms with Crippen LogP contribution in [0.3, 0.4) is 0 Å². The monoisotopic (exact) mass is 309 g/mol. The highest BCUT2D eigenvalue weighted by Crippen LogP contribution is 2.24. The summed E-state index contributed by atoms with van der Waals surface area (Å²) in [7, 11) is 1.35. The first-order valence-corrected chi connectivity index (χ1v) is 7.80. The zero-order valence-corrected chi connectivity index (χ0v) is 11.2. The number of halogens is 3. The van der Waals surface area contributed by atoms with E-state index in [9.17, 15) is 22.0 Å². The molecule has 1 unspecified atom stereocenters. The summed E-state index contributed by atoms with van der Waals surface area (Å²) in [5.74, 6) is -2.49. The molecule has 0 saturated carbocycles. The zero-order valence-electron chi connectivity index (χ0n) is 9.64. The summed E-state index contributed by atoms with van der Waals surface area (Å²) >= 11 is 0. The number of nitrogens with zero attached hydrogens (tertiary/aromatic N) is 1. The maximum Gasteiger partial charge on any atom is 0.237 e. The van der Waals surface area contributed by atoms with Gasteiger partial charge in [0.05, 0.1) is 0 Å². The van der Waals surface area contributed by atoms with Crippen molar-refractivity contribution in [1.82, 2.24) is 4.90 Å². The summed E-state index contributed by atoms with van der Waals surface area (Å²) < 4.78 is 48.8. The molecule has 1 aliphatic heterocycles. The summed E-state index contributed by atoms with van der Waals surface area (Å²) in [5.41, 5.74) is 0.000899. The van der Waals surface area contributed by atoms with Crippen molar-refractivity contribution < 1.29 is 22.0 Å². The van der Waals surface area contributed by atoms with Crippen molar-refractivity contribution in [2.45, 2.75) is 18.2 Å². The van der Waals surface area contributed by atoms with E-state index in [-0.39, 0.29) is 25.1 Å². The largest absolute Gasteiger partial charge is 0.337 e. The number of carbonyl (C=O) groups is 1. The van der Waals surface area contributed by atoms with Crippen LogP contribution in [-0.2, 0) is 20.4 Å². The Balaban J connectivity index is 2.17. The van der Waals surface area contributed by atoms with E-state index in [1.54, 1.807) is 0 Å². The Hall–Kier alpha value is -1.21. The molecular weight excluding hydrogens is 300 g/mol. The molecule has 8 heteroatoms. The molecule has 4 nitrogen and oxygen atoms in total. The maximum absolute atomic E-state index is 13.5. The lowest BCUT2D eigenvalue weighted by Crippen LogP contribution is -2.27. The first-order chi connectivity index (χ1) is 8.79. The van der Waals surface area contributed by atoms with Crippen molar-refractivity contribution >= 4 is 25.6 Å². The van der Waals surface area contributed by atoms with Gasteiger partial charge in [0.15, 0.2) is 11.6 Å². The minimum Gasteiger partial charge on any atom is -0.337 e. The van der Waals surface area contributed by atoms with Gasteiger partial charge in [-0.05, 0) is 6.07 Å². The second kappa shape index (κ2) is 5.05. The lowest BCUT2D eigenvalue weighted by molar-refractivity contribution is -0.128. The third kappa shape index (κ3) is 3.03. The number of likely N-dealkylation sites (tertiary alicyclic amines) is 1.